The van der Waals surface area contributed by atoms with E-state index in [1.807, 2.05) is 62.4 Å². The first-order valence-electron chi connectivity index (χ1n) is 10.5. The van der Waals surface area contributed by atoms with Gasteiger partial charge in [-0.1, -0.05) is 60.1 Å². The van der Waals surface area contributed by atoms with E-state index < -0.39 is 0 Å². The van der Waals surface area contributed by atoms with Crippen molar-refractivity contribution in [3.63, 3.8) is 0 Å². The van der Waals surface area contributed by atoms with Crippen LogP contribution >= 0.6 is 11.6 Å². The second-order valence-electron chi connectivity index (χ2n) is 6.97. The molecule has 1 aromatic heterocycles. The Morgan fingerprint density at radius 1 is 0.879 bits per heavy atom. The van der Waals surface area contributed by atoms with Crippen molar-refractivity contribution in [2.75, 3.05) is 29.1 Å². The highest BCUT2D eigenvalue weighted by Gasteiger charge is 2.32. The van der Waals surface area contributed by atoms with E-state index >= 15 is 0 Å². The topological polar surface area (TPSA) is 107 Å². The standard InChI is InChI=1S/C23H23ClN8O/c1-3-25-21-28-22(26-4-2)30-23(29-21)31-32-19(15-10-6-5-7-11-15)27-18(20(32)33)14-16-12-8-9-13-17(16)24/h5-14H,3-4H2,1-2H3,(H3,25,26,28,29,30,31)/b18-14-. The second-order valence-corrected chi connectivity index (χ2v) is 7.38. The van der Waals surface area contributed by atoms with Crippen molar-refractivity contribution in [1.82, 2.24) is 20.0 Å². The lowest BCUT2D eigenvalue weighted by atomic mass is 10.2. The highest BCUT2D eigenvalue weighted by atomic mass is 35.5. The number of hydrazine groups is 1. The lowest BCUT2D eigenvalue weighted by Gasteiger charge is -2.19. The minimum Gasteiger partial charge on any atom is -0.354 e. The largest absolute Gasteiger partial charge is 0.354 e. The third kappa shape index (κ3) is 5.09. The molecular formula is C23H23ClN8O. The third-order valence-electron chi connectivity index (χ3n) is 4.61. The van der Waals surface area contributed by atoms with Gasteiger partial charge in [0.2, 0.25) is 17.8 Å². The normalized spacial score (nSPS) is 14.4. The zero-order valence-corrected chi connectivity index (χ0v) is 19.0. The van der Waals surface area contributed by atoms with Gasteiger partial charge in [-0.15, -0.1) is 0 Å². The van der Waals surface area contributed by atoms with Gasteiger partial charge in [-0.3, -0.25) is 10.2 Å². The van der Waals surface area contributed by atoms with Crippen LogP contribution in [0, 0.1) is 0 Å². The maximum Gasteiger partial charge on any atom is 0.297 e. The molecule has 0 saturated heterocycles. The van der Waals surface area contributed by atoms with Gasteiger partial charge in [0, 0.05) is 23.7 Å². The number of benzene rings is 2. The van der Waals surface area contributed by atoms with Crippen LogP contribution in [0.5, 0.6) is 0 Å². The molecule has 168 valence electrons. The molecule has 0 bridgehead atoms. The predicted octanol–water partition coefficient (Wildman–Crippen LogP) is 4.05. The number of carbonyl (C=O) groups is 1. The minimum atomic E-state index is -0.357. The number of halogens is 1. The Balaban J connectivity index is 1.73. The number of aromatic nitrogens is 3. The molecule has 0 spiro atoms. The molecule has 0 unspecified atom stereocenters. The van der Waals surface area contributed by atoms with E-state index in [4.69, 9.17) is 11.6 Å². The molecule has 33 heavy (non-hydrogen) atoms. The van der Waals surface area contributed by atoms with Crippen LogP contribution < -0.4 is 16.1 Å². The monoisotopic (exact) mass is 462 g/mol. The van der Waals surface area contributed by atoms with Gasteiger partial charge in [-0.2, -0.15) is 20.0 Å². The first-order chi connectivity index (χ1) is 16.1. The SMILES string of the molecule is CCNc1nc(NCC)nc(NN2C(=O)/C(=C/c3ccccc3Cl)N=C2c2ccccc2)n1. The summed E-state index contributed by atoms with van der Waals surface area (Å²) in [6.07, 6.45) is 1.66. The molecule has 1 aliphatic heterocycles. The van der Waals surface area contributed by atoms with Crippen LogP contribution in [-0.2, 0) is 4.79 Å². The summed E-state index contributed by atoms with van der Waals surface area (Å²) in [7, 11) is 0. The van der Waals surface area contributed by atoms with Crippen molar-refractivity contribution >= 4 is 47.3 Å². The van der Waals surface area contributed by atoms with E-state index in [1.165, 1.54) is 5.01 Å². The van der Waals surface area contributed by atoms with Crippen molar-refractivity contribution in [2.24, 2.45) is 4.99 Å². The summed E-state index contributed by atoms with van der Waals surface area (Å²) >= 11 is 6.29. The lowest BCUT2D eigenvalue weighted by molar-refractivity contribution is -0.121. The highest BCUT2D eigenvalue weighted by molar-refractivity contribution is 6.32. The Morgan fingerprint density at radius 2 is 1.48 bits per heavy atom. The van der Waals surface area contributed by atoms with Crippen LogP contribution in [0.2, 0.25) is 5.02 Å². The summed E-state index contributed by atoms with van der Waals surface area (Å²) in [5, 5.41) is 8.01. The van der Waals surface area contributed by atoms with E-state index in [9.17, 15) is 4.79 Å². The van der Waals surface area contributed by atoms with Gasteiger partial charge in [-0.25, -0.2) is 4.99 Å². The number of carbonyl (C=O) groups excluding carboxylic acids is 1. The van der Waals surface area contributed by atoms with Gasteiger partial charge < -0.3 is 10.6 Å². The Morgan fingerprint density at radius 3 is 2.12 bits per heavy atom. The van der Waals surface area contributed by atoms with Gasteiger partial charge in [0.05, 0.1) is 0 Å². The van der Waals surface area contributed by atoms with Gasteiger partial charge >= 0.3 is 0 Å². The molecule has 3 aromatic rings. The third-order valence-corrected chi connectivity index (χ3v) is 4.95. The number of aliphatic imine (C=N–C) groups is 1. The number of hydrogen-bond donors (Lipinski definition) is 3. The first-order valence-corrected chi connectivity index (χ1v) is 10.9. The van der Waals surface area contributed by atoms with Crippen LogP contribution in [0.1, 0.15) is 25.0 Å². The van der Waals surface area contributed by atoms with Gasteiger partial charge in [0.15, 0.2) is 5.84 Å². The van der Waals surface area contributed by atoms with Gasteiger partial charge in [-0.05, 0) is 31.6 Å². The molecule has 10 heteroatoms. The van der Waals surface area contributed by atoms with Gasteiger partial charge in [0.1, 0.15) is 5.70 Å². The molecular weight excluding hydrogens is 440 g/mol. The fourth-order valence-corrected chi connectivity index (χ4v) is 3.33. The molecule has 4 rings (SSSR count). The Kier molecular flexibility index (Phi) is 6.80. The predicted molar refractivity (Wildman–Crippen MR) is 131 cm³/mol. The second kappa shape index (κ2) is 10.1. The van der Waals surface area contributed by atoms with Crippen LogP contribution in [0.3, 0.4) is 0 Å². The van der Waals surface area contributed by atoms with Crippen molar-refractivity contribution in [2.45, 2.75) is 13.8 Å². The van der Waals surface area contributed by atoms with Crippen molar-refractivity contribution in [3.05, 3.63) is 76.4 Å². The van der Waals surface area contributed by atoms with Crippen LogP contribution in [0.4, 0.5) is 17.8 Å². The fourth-order valence-electron chi connectivity index (χ4n) is 3.14. The van der Waals surface area contributed by atoms with E-state index in [0.717, 1.165) is 5.56 Å². The number of rotatable bonds is 8. The molecule has 3 N–H and O–H groups in total. The Labute approximate surface area is 196 Å². The maximum absolute atomic E-state index is 13.4. The Bertz CT molecular complexity index is 1190. The molecule has 2 heterocycles. The zero-order chi connectivity index (χ0) is 23.2. The van der Waals surface area contributed by atoms with Crippen LogP contribution in [-0.4, -0.2) is 44.8 Å². The molecule has 0 fully saturated rings. The number of nitrogens with zero attached hydrogens (tertiary/aromatic N) is 5. The summed E-state index contributed by atoms with van der Waals surface area (Å²) in [5.74, 6) is 1.05. The van der Waals surface area contributed by atoms with Crippen molar-refractivity contribution < 1.29 is 4.79 Å². The van der Waals surface area contributed by atoms with Crippen LogP contribution in [0.25, 0.3) is 6.08 Å². The van der Waals surface area contributed by atoms with E-state index in [2.05, 4.69) is 36.0 Å². The molecule has 9 nitrogen and oxygen atoms in total. The maximum atomic E-state index is 13.4. The summed E-state index contributed by atoms with van der Waals surface area (Å²) in [4.78, 5) is 31.0. The first kappa shape index (κ1) is 22.2. The molecule has 1 amide bonds. The molecule has 0 radical (unpaired) electrons. The lowest BCUT2D eigenvalue weighted by Crippen LogP contribution is -2.38. The Hall–Kier alpha value is -3.98. The number of amidine groups is 1. The quantitative estimate of drug-likeness (QED) is 0.433. The zero-order valence-electron chi connectivity index (χ0n) is 18.2. The summed E-state index contributed by atoms with van der Waals surface area (Å²) in [6, 6.07) is 16.7. The molecule has 2 aromatic carbocycles. The molecule has 0 saturated carbocycles. The highest BCUT2D eigenvalue weighted by Crippen LogP contribution is 2.25. The van der Waals surface area contributed by atoms with Gasteiger partial charge in [0.25, 0.3) is 5.91 Å². The van der Waals surface area contributed by atoms with Crippen molar-refractivity contribution in [3.8, 4) is 0 Å². The van der Waals surface area contributed by atoms with E-state index in [-0.39, 0.29) is 17.6 Å². The average molecular weight is 463 g/mol. The van der Waals surface area contributed by atoms with E-state index in [0.29, 0.717) is 41.4 Å². The fraction of sp³-hybridized carbons (Fsp3) is 0.174. The minimum absolute atomic E-state index is 0.202. The van der Waals surface area contributed by atoms with Crippen molar-refractivity contribution in [1.29, 1.82) is 0 Å². The molecule has 0 atom stereocenters. The summed E-state index contributed by atoms with van der Waals surface area (Å²) in [6.45, 7) is 5.16. The van der Waals surface area contributed by atoms with E-state index in [1.54, 1.807) is 12.1 Å². The average Bonchev–Trinajstić information content (AvgIpc) is 3.11. The number of hydrogen-bond acceptors (Lipinski definition) is 8. The molecule has 0 aliphatic carbocycles. The number of nitrogens with one attached hydrogen (secondary N) is 3. The van der Waals surface area contributed by atoms with Crippen LogP contribution in [0.15, 0.2) is 65.3 Å². The number of anilines is 3. The summed E-state index contributed by atoms with van der Waals surface area (Å²) in [5.41, 5.74) is 4.70. The molecule has 1 aliphatic rings. The summed E-state index contributed by atoms with van der Waals surface area (Å²) < 4.78 is 0. The smallest absolute Gasteiger partial charge is 0.297 e. The number of amides is 1.